The van der Waals surface area contributed by atoms with Gasteiger partial charge in [0, 0.05) is 43.4 Å². The van der Waals surface area contributed by atoms with E-state index >= 15 is 0 Å². The number of pyridine rings is 2. The molecular weight excluding hydrogens is 769 g/mol. The third kappa shape index (κ3) is 7.88. The van der Waals surface area contributed by atoms with Gasteiger partial charge in [-0.1, -0.05) is 124 Å². The Labute approximate surface area is 293 Å². The van der Waals surface area contributed by atoms with Crippen LogP contribution in [0.4, 0.5) is 0 Å². The SMILES string of the molecule is CC(C)(C)Cc1cc(-c2[c-]cccc2)ncc1[Si](C)(C)C.[Ir].[c-]1ccc2c(oc3c(-c4ccccc4)cccc32)c1-c1ccccn1. The number of benzene rings is 4. The summed E-state index contributed by atoms with van der Waals surface area (Å²) < 4.78 is 6.35. The first-order valence-electron chi connectivity index (χ1n) is 15.9. The first-order valence-corrected chi connectivity index (χ1v) is 19.4. The Hall–Kier alpha value is -4.15. The van der Waals surface area contributed by atoms with Crippen LogP contribution in [0, 0.1) is 17.5 Å². The largest absolute Gasteiger partial charge is 0.500 e. The van der Waals surface area contributed by atoms with E-state index in [-0.39, 0.29) is 25.5 Å². The van der Waals surface area contributed by atoms with Gasteiger partial charge in [-0.15, -0.1) is 54.1 Å². The summed E-state index contributed by atoms with van der Waals surface area (Å²) in [5.74, 6) is 0. The fourth-order valence-corrected chi connectivity index (χ4v) is 7.48. The molecule has 0 saturated heterocycles. The molecule has 0 aliphatic heterocycles. The van der Waals surface area contributed by atoms with Crippen LogP contribution in [0.15, 0.2) is 126 Å². The second kappa shape index (κ2) is 14.3. The van der Waals surface area contributed by atoms with Crippen LogP contribution in [0.3, 0.4) is 0 Å². The number of hydrogen-bond acceptors (Lipinski definition) is 3. The van der Waals surface area contributed by atoms with E-state index in [2.05, 4.69) is 112 Å². The molecule has 0 N–H and O–H groups in total. The van der Waals surface area contributed by atoms with Crippen LogP contribution in [-0.2, 0) is 26.5 Å². The standard InChI is InChI=1S/C23H14NO.C19H26NSi.Ir/c1-2-8-16(9-3-1)17-10-6-11-18-19-12-7-13-20(23(19)25-22(17)18)21-14-4-5-15-24-21;1-19(2,3)13-16-12-17(15-10-8-7-9-11-15)20-14-18(16)21(4,5)6;/h1-12,14-15H;7-10,12,14H,13H2,1-6H3;/q2*-1;. The van der Waals surface area contributed by atoms with Gasteiger partial charge in [-0.05, 0) is 40.0 Å². The third-order valence-corrected chi connectivity index (χ3v) is 10.0. The van der Waals surface area contributed by atoms with E-state index in [1.54, 1.807) is 6.20 Å². The first kappa shape index (κ1) is 34.2. The molecule has 3 aromatic heterocycles. The zero-order chi connectivity index (χ0) is 32.3. The Morgan fingerprint density at radius 2 is 1.45 bits per heavy atom. The van der Waals surface area contributed by atoms with Crippen LogP contribution >= 0.6 is 0 Å². The molecule has 239 valence electrons. The van der Waals surface area contributed by atoms with Gasteiger partial charge < -0.3 is 14.4 Å². The van der Waals surface area contributed by atoms with Crippen molar-refractivity contribution in [1.29, 1.82) is 0 Å². The molecule has 47 heavy (non-hydrogen) atoms. The molecule has 0 bridgehead atoms. The molecule has 1 radical (unpaired) electrons. The molecule has 0 aliphatic carbocycles. The van der Waals surface area contributed by atoms with E-state index in [1.807, 2.05) is 60.7 Å². The molecule has 0 atom stereocenters. The van der Waals surface area contributed by atoms with E-state index in [1.165, 1.54) is 10.8 Å². The summed E-state index contributed by atoms with van der Waals surface area (Å²) in [5, 5.41) is 3.69. The van der Waals surface area contributed by atoms with Crippen molar-refractivity contribution < 1.29 is 24.5 Å². The Kier molecular flexibility index (Phi) is 10.4. The summed E-state index contributed by atoms with van der Waals surface area (Å²) >= 11 is 0. The molecule has 3 nitrogen and oxygen atoms in total. The van der Waals surface area contributed by atoms with Crippen molar-refractivity contribution in [1.82, 2.24) is 9.97 Å². The van der Waals surface area contributed by atoms with Crippen LogP contribution < -0.4 is 5.19 Å². The molecular formula is C42H40IrN2OSi-2. The van der Waals surface area contributed by atoms with Crippen molar-refractivity contribution in [3.63, 3.8) is 0 Å². The van der Waals surface area contributed by atoms with Crippen LogP contribution in [0.25, 0.3) is 55.6 Å². The molecule has 7 aromatic rings. The van der Waals surface area contributed by atoms with Crippen molar-refractivity contribution >= 4 is 35.2 Å². The molecule has 0 unspecified atom stereocenters. The number of para-hydroxylation sites is 1. The monoisotopic (exact) mass is 809 g/mol. The van der Waals surface area contributed by atoms with Gasteiger partial charge in [0.2, 0.25) is 0 Å². The fraction of sp³-hybridized carbons (Fsp3) is 0.190. The second-order valence-electron chi connectivity index (χ2n) is 14.0. The maximum Gasteiger partial charge on any atom is 0.128 e. The van der Waals surface area contributed by atoms with Gasteiger partial charge in [-0.3, -0.25) is 0 Å². The molecule has 0 fully saturated rings. The molecule has 4 aromatic carbocycles. The summed E-state index contributed by atoms with van der Waals surface area (Å²) in [6.07, 6.45) is 5.00. The van der Waals surface area contributed by atoms with Crippen LogP contribution in [0.1, 0.15) is 26.3 Å². The summed E-state index contributed by atoms with van der Waals surface area (Å²) in [6.45, 7) is 14.1. The van der Waals surface area contributed by atoms with Crippen molar-refractivity contribution in [2.45, 2.75) is 46.8 Å². The van der Waals surface area contributed by atoms with E-state index in [0.717, 1.165) is 62.0 Å². The van der Waals surface area contributed by atoms with Crippen molar-refractivity contribution in [2.24, 2.45) is 5.41 Å². The molecule has 0 spiro atoms. The van der Waals surface area contributed by atoms with Gasteiger partial charge in [0.05, 0.1) is 13.7 Å². The van der Waals surface area contributed by atoms with Crippen LogP contribution in [0.2, 0.25) is 19.6 Å². The Balaban J connectivity index is 0.000000184. The van der Waals surface area contributed by atoms with E-state index in [4.69, 9.17) is 9.40 Å². The average molecular weight is 809 g/mol. The van der Waals surface area contributed by atoms with Crippen molar-refractivity contribution in [2.75, 3.05) is 0 Å². The summed E-state index contributed by atoms with van der Waals surface area (Å²) in [7, 11) is -1.37. The molecule has 3 heterocycles. The molecule has 0 saturated carbocycles. The fourth-order valence-electron chi connectivity index (χ4n) is 5.90. The third-order valence-electron chi connectivity index (χ3n) is 7.97. The normalized spacial score (nSPS) is 11.5. The van der Waals surface area contributed by atoms with Gasteiger partial charge in [0.1, 0.15) is 5.58 Å². The zero-order valence-corrected chi connectivity index (χ0v) is 31.3. The predicted molar refractivity (Wildman–Crippen MR) is 196 cm³/mol. The molecule has 0 amide bonds. The topological polar surface area (TPSA) is 38.9 Å². The van der Waals surface area contributed by atoms with Crippen molar-refractivity contribution in [3.8, 4) is 33.6 Å². The summed E-state index contributed by atoms with van der Waals surface area (Å²) in [6, 6.07) is 43.4. The van der Waals surface area contributed by atoms with E-state index in [0.29, 0.717) is 0 Å². The minimum absolute atomic E-state index is 0. The van der Waals surface area contributed by atoms with Gasteiger partial charge in [0.15, 0.2) is 0 Å². The zero-order valence-electron chi connectivity index (χ0n) is 27.9. The maximum atomic E-state index is 6.35. The number of fused-ring (bicyclic) bond motifs is 3. The molecule has 7 rings (SSSR count). The van der Waals surface area contributed by atoms with Crippen LogP contribution in [-0.4, -0.2) is 18.0 Å². The number of nitrogens with zero attached hydrogens (tertiary/aromatic N) is 2. The van der Waals surface area contributed by atoms with E-state index < -0.39 is 8.07 Å². The summed E-state index contributed by atoms with van der Waals surface area (Å²) in [4.78, 5) is 9.17. The maximum absolute atomic E-state index is 6.35. The summed E-state index contributed by atoms with van der Waals surface area (Å²) in [5.41, 5.74) is 9.61. The minimum Gasteiger partial charge on any atom is -0.500 e. The molecule has 5 heteroatoms. The van der Waals surface area contributed by atoms with Crippen LogP contribution in [0.5, 0.6) is 0 Å². The van der Waals surface area contributed by atoms with Gasteiger partial charge in [-0.25, -0.2) is 0 Å². The quantitative estimate of drug-likeness (QED) is 0.128. The van der Waals surface area contributed by atoms with Gasteiger partial charge >= 0.3 is 0 Å². The Bertz CT molecular complexity index is 1980. The number of aromatic nitrogens is 2. The molecule has 0 aliphatic rings. The van der Waals surface area contributed by atoms with Gasteiger partial charge in [0.25, 0.3) is 0 Å². The number of rotatable bonds is 5. The Morgan fingerprint density at radius 3 is 2.13 bits per heavy atom. The second-order valence-corrected chi connectivity index (χ2v) is 19.0. The van der Waals surface area contributed by atoms with Gasteiger partial charge in [-0.2, -0.15) is 0 Å². The number of hydrogen-bond donors (Lipinski definition) is 0. The first-order chi connectivity index (χ1) is 22.1. The Morgan fingerprint density at radius 1 is 0.702 bits per heavy atom. The number of furan rings is 1. The predicted octanol–water partition coefficient (Wildman–Crippen LogP) is 10.8. The minimum atomic E-state index is -1.37. The average Bonchev–Trinajstić information content (AvgIpc) is 3.44. The van der Waals surface area contributed by atoms with E-state index in [9.17, 15) is 0 Å². The smallest absolute Gasteiger partial charge is 0.128 e. The van der Waals surface area contributed by atoms with Crippen molar-refractivity contribution in [3.05, 3.63) is 139 Å².